The van der Waals surface area contributed by atoms with E-state index >= 15 is 0 Å². The van der Waals surface area contributed by atoms with Crippen molar-refractivity contribution in [1.29, 1.82) is 0 Å². The summed E-state index contributed by atoms with van der Waals surface area (Å²) in [5, 5.41) is 0. The van der Waals surface area contributed by atoms with Crippen molar-refractivity contribution in [3.63, 3.8) is 0 Å². The molecule has 0 N–H and O–H groups in total. The molecule has 0 saturated heterocycles. The average Bonchev–Trinajstić information content (AvgIpc) is 2.97. The Balaban J connectivity index is 1.80. The molecule has 2 fully saturated rings. The Hall–Kier alpha value is -1.25. The van der Waals surface area contributed by atoms with E-state index in [4.69, 9.17) is 9.15 Å². The minimum atomic E-state index is -0.133. The lowest BCUT2D eigenvalue weighted by Gasteiger charge is -2.62. The van der Waals surface area contributed by atoms with E-state index in [1.54, 1.807) is 6.92 Å². The zero-order valence-corrected chi connectivity index (χ0v) is 16.3. The van der Waals surface area contributed by atoms with E-state index in [1.807, 2.05) is 6.26 Å². The monoisotopic (exact) mass is 344 g/mol. The van der Waals surface area contributed by atoms with Crippen LogP contribution in [0.5, 0.6) is 0 Å². The van der Waals surface area contributed by atoms with Crippen molar-refractivity contribution in [2.24, 2.45) is 28.6 Å². The summed E-state index contributed by atoms with van der Waals surface area (Å²) in [6, 6.07) is 2.13. The number of fused-ring (bicyclic) bond motifs is 4. The molecule has 0 aliphatic heterocycles. The van der Waals surface area contributed by atoms with Crippen LogP contribution < -0.4 is 0 Å². The highest BCUT2D eigenvalue weighted by molar-refractivity contribution is 5.66. The lowest BCUT2D eigenvalue weighted by Crippen LogP contribution is -2.59. The Labute approximate surface area is 151 Å². The number of rotatable bonds is 1. The van der Waals surface area contributed by atoms with Crippen molar-refractivity contribution in [1.82, 2.24) is 0 Å². The van der Waals surface area contributed by atoms with Crippen LogP contribution in [-0.4, -0.2) is 12.1 Å². The lowest BCUT2D eigenvalue weighted by atomic mass is 9.43. The average molecular weight is 344 g/mol. The molecule has 1 heterocycles. The van der Waals surface area contributed by atoms with Crippen LogP contribution in [0.25, 0.3) is 0 Å². The molecule has 0 aromatic carbocycles. The lowest BCUT2D eigenvalue weighted by molar-refractivity contribution is -0.181. The maximum Gasteiger partial charge on any atom is 0.302 e. The Kier molecular flexibility index (Phi) is 3.86. The third-order valence-electron chi connectivity index (χ3n) is 8.06. The number of hydrogen-bond acceptors (Lipinski definition) is 3. The molecule has 1 aromatic heterocycles. The molecule has 3 heteroatoms. The van der Waals surface area contributed by atoms with Crippen LogP contribution in [-0.2, 0) is 16.0 Å². The molecular weight excluding hydrogens is 312 g/mol. The predicted molar refractivity (Wildman–Crippen MR) is 97.2 cm³/mol. The summed E-state index contributed by atoms with van der Waals surface area (Å²) in [6.45, 7) is 11.2. The summed E-state index contributed by atoms with van der Waals surface area (Å²) in [5.41, 5.74) is 1.95. The molecule has 25 heavy (non-hydrogen) atoms. The zero-order chi connectivity index (χ0) is 18.0. The third kappa shape index (κ3) is 2.49. The van der Waals surface area contributed by atoms with Gasteiger partial charge in [0.2, 0.25) is 0 Å². The number of furan rings is 1. The van der Waals surface area contributed by atoms with Crippen molar-refractivity contribution in [2.75, 3.05) is 0 Å². The summed E-state index contributed by atoms with van der Waals surface area (Å²) in [5.74, 6) is 2.96. The van der Waals surface area contributed by atoms with Crippen molar-refractivity contribution < 1.29 is 13.9 Å². The van der Waals surface area contributed by atoms with Gasteiger partial charge < -0.3 is 9.15 Å². The largest absolute Gasteiger partial charge is 0.469 e. The molecule has 138 valence electrons. The third-order valence-corrected chi connectivity index (χ3v) is 8.06. The first kappa shape index (κ1) is 17.2. The highest BCUT2D eigenvalue weighted by Gasteiger charge is 2.60. The Bertz CT molecular complexity index is 673. The summed E-state index contributed by atoms with van der Waals surface area (Å²) in [6.07, 6.45) is 7.76. The predicted octanol–water partition coefficient (Wildman–Crippen LogP) is 5.34. The molecule has 1 aromatic rings. The van der Waals surface area contributed by atoms with Gasteiger partial charge >= 0.3 is 5.97 Å². The Morgan fingerprint density at radius 3 is 2.76 bits per heavy atom. The number of esters is 1. The highest BCUT2D eigenvalue weighted by atomic mass is 16.5. The van der Waals surface area contributed by atoms with Gasteiger partial charge in [-0.05, 0) is 59.5 Å². The van der Waals surface area contributed by atoms with Gasteiger partial charge in [-0.15, -0.1) is 0 Å². The first-order valence-electron chi connectivity index (χ1n) is 9.97. The smallest absolute Gasteiger partial charge is 0.302 e. The number of hydrogen-bond donors (Lipinski definition) is 0. The zero-order valence-electron chi connectivity index (χ0n) is 16.3. The number of carbonyl (C=O) groups is 1. The van der Waals surface area contributed by atoms with Crippen LogP contribution in [0, 0.1) is 28.6 Å². The van der Waals surface area contributed by atoms with Gasteiger partial charge in [0.15, 0.2) is 0 Å². The second kappa shape index (κ2) is 5.62. The molecule has 0 spiro atoms. The fourth-order valence-corrected chi connectivity index (χ4v) is 6.99. The van der Waals surface area contributed by atoms with Gasteiger partial charge in [0.1, 0.15) is 11.9 Å². The van der Waals surface area contributed by atoms with Crippen LogP contribution >= 0.6 is 0 Å². The van der Waals surface area contributed by atoms with E-state index in [-0.39, 0.29) is 12.1 Å². The number of carbonyl (C=O) groups excluding carboxylic acids is 1. The molecule has 2 saturated carbocycles. The minimum absolute atomic E-state index is 0.0380. The first-order valence-corrected chi connectivity index (χ1v) is 9.97. The molecule has 6 unspecified atom stereocenters. The van der Waals surface area contributed by atoms with Crippen molar-refractivity contribution in [3.8, 4) is 0 Å². The summed E-state index contributed by atoms with van der Waals surface area (Å²) in [4.78, 5) is 11.8. The van der Waals surface area contributed by atoms with Gasteiger partial charge in [-0.1, -0.05) is 34.1 Å². The molecule has 4 rings (SSSR count). The molecule has 0 amide bonds. The van der Waals surface area contributed by atoms with Crippen LogP contribution in [0.1, 0.15) is 77.5 Å². The summed E-state index contributed by atoms with van der Waals surface area (Å²) < 4.78 is 11.8. The highest BCUT2D eigenvalue weighted by Crippen LogP contribution is 2.65. The van der Waals surface area contributed by atoms with Gasteiger partial charge in [-0.25, -0.2) is 0 Å². The molecule has 3 aliphatic carbocycles. The normalized spacial score (nSPS) is 42.0. The van der Waals surface area contributed by atoms with Crippen LogP contribution in [0.3, 0.4) is 0 Å². The van der Waals surface area contributed by atoms with E-state index in [0.717, 1.165) is 12.8 Å². The molecular formula is C22H32O3. The standard InChI is InChI=1S/C22H32O3/c1-13-15-7-10-24-17(15)11-16-20(13)18(25-14(2)23)12-19-21(3,4)8-6-9-22(16,19)5/h7,10,13,16,18-20H,6,8-9,11-12H2,1-5H3. The fraction of sp³-hybridized carbons (Fsp3) is 0.773. The summed E-state index contributed by atoms with van der Waals surface area (Å²) in [7, 11) is 0. The maximum atomic E-state index is 11.8. The van der Waals surface area contributed by atoms with E-state index < -0.39 is 0 Å². The molecule has 0 bridgehead atoms. The topological polar surface area (TPSA) is 39.4 Å². The fourth-order valence-electron chi connectivity index (χ4n) is 6.99. The van der Waals surface area contributed by atoms with Gasteiger partial charge in [0.25, 0.3) is 0 Å². The molecule has 3 nitrogen and oxygen atoms in total. The van der Waals surface area contributed by atoms with Crippen LogP contribution in [0.2, 0.25) is 0 Å². The van der Waals surface area contributed by atoms with E-state index in [1.165, 1.54) is 30.6 Å². The Morgan fingerprint density at radius 1 is 1.28 bits per heavy atom. The van der Waals surface area contributed by atoms with Gasteiger partial charge in [0.05, 0.1) is 6.26 Å². The Morgan fingerprint density at radius 2 is 2.04 bits per heavy atom. The quantitative estimate of drug-likeness (QED) is 0.646. The second-order valence-corrected chi connectivity index (χ2v) is 9.76. The van der Waals surface area contributed by atoms with Crippen molar-refractivity contribution in [3.05, 3.63) is 23.7 Å². The number of ether oxygens (including phenoxy) is 1. The van der Waals surface area contributed by atoms with Crippen molar-refractivity contribution >= 4 is 5.97 Å². The second-order valence-electron chi connectivity index (χ2n) is 9.76. The van der Waals surface area contributed by atoms with Crippen LogP contribution in [0.4, 0.5) is 0 Å². The van der Waals surface area contributed by atoms with E-state index in [0.29, 0.717) is 34.5 Å². The minimum Gasteiger partial charge on any atom is -0.469 e. The van der Waals surface area contributed by atoms with Gasteiger partial charge in [0, 0.05) is 19.3 Å². The first-order chi connectivity index (χ1) is 11.7. The maximum absolute atomic E-state index is 11.8. The van der Waals surface area contributed by atoms with Crippen LogP contribution in [0.15, 0.2) is 16.7 Å². The van der Waals surface area contributed by atoms with E-state index in [2.05, 4.69) is 33.8 Å². The van der Waals surface area contributed by atoms with E-state index in [9.17, 15) is 4.79 Å². The molecule has 6 atom stereocenters. The SMILES string of the molecule is CC(=O)OC1CC2C(C)(C)CCCC2(C)C2Cc3occc3C(C)C12. The van der Waals surface area contributed by atoms with Crippen molar-refractivity contribution in [2.45, 2.75) is 78.7 Å². The summed E-state index contributed by atoms with van der Waals surface area (Å²) >= 11 is 0. The molecule has 0 radical (unpaired) electrons. The van der Waals surface area contributed by atoms with Gasteiger partial charge in [-0.2, -0.15) is 0 Å². The van der Waals surface area contributed by atoms with Gasteiger partial charge in [-0.3, -0.25) is 4.79 Å². The molecule has 3 aliphatic rings.